The van der Waals surface area contributed by atoms with Crippen LogP contribution in [0.2, 0.25) is 0 Å². The van der Waals surface area contributed by atoms with E-state index in [9.17, 15) is 13.2 Å². The number of methoxy groups -OCH3 is 1. The predicted molar refractivity (Wildman–Crippen MR) is 93.8 cm³/mol. The van der Waals surface area contributed by atoms with E-state index in [1.807, 2.05) is 0 Å². The summed E-state index contributed by atoms with van der Waals surface area (Å²) in [5.41, 5.74) is 0.947. The average Bonchev–Trinajstić information content (AvgIpc) is 3.17. The largest absolute Gasteiger partial charge is 0.380 e. The highest BCUT2D eigenvalue weighted by Gasteiger charge is 2.32. The van der Waals surface area contributed by atoms with Crippen LogP contribution in [0.5, 0.6) is 0 Å². The molecule has 1 aliphatic heterocycles. The van der Waals surface area contributed by atoms with Gasteiger partial charge in [-0.25, -0.2) is 18.4 Å². The Morgan fingerprint density at radius 2 is 2.23 bits per heavy atom. The van der Waals surface area contributed by atoms with Gasteiger partial charge in [-0.1, -0.05) is 6.07 Å². The van der Waals surface area contributed by atoms with Gasteiger partial charge in [0.2, 0.25) is 10.0 Å². The number of hydrogen-bond donors (Lipinski definition) is 1. The smallest absolute Gasteiger partial charge is 0.251 e. The second-order valence-electron chi connectivity index (χ2n) is 5.92. The van der Waals surface area contributed by atoms with Crippen LogP contribution in [0.25, 0.3) is 0 Å². The molecule has 0 spiro atoms. The van der Waals surface area contributed by atoms with Gasteiger partial charge in [-0.3, -0.25) is 4.79 Å². The van der Waals surface area contributed by atoms with Crippen molar-refractivity contribution in [2.24, 2.45) is 0 Å². The number of carbonyl (C=O) groups excluding carboxylic acids is 1. The lowest BCUT2D eigenvalue weighted by molar-refractivity contribution is 0.0950. The van der Waals surface area contributed by atoms with Gasteiger partial charge >= 0.3 is 0 Å². The van der Waals surface area contributed by atoms with Crippen molar-refractivity contribution in [3.63, 3.8) is 0 Å². The summed E-state index contributed by atoms with van der Waals surface area (Å²) in [4.78, 5) is 20.3. The van der Waals surface area contributed by atoms with Gasteiger partial charge in [0.25, 0.3) is 5.91 Å². The minimum absolute atomic E-state index is 0.0934. The van der Waals surface area contributed by atoms with E-state index in [1.165, 1.54) is 22.8 Å². The molecule has 2 heterocycles. The number of aromatic nitrogens is 2. The Morgan fingerprint density at radius 3 is 2.92 bits per heavy atom. The molecule has 0 radical (unpaired) electrons. The molecule has 0 bridgehead atoms. The van der Waals surface area contributed by atoms with Crippen molar-refractivity contribution >= 4 is 15.9 Å². The Balaban J connectivity index is 1.72. The molecule has 9 heteroatoms. The molecule has 26 heavy (non-hydrogen) atoms. The van der Waals surface area contributed by atoms with Gasteiger partial charge in [0.15, 0.2) is 0 Å². The van der Waals surface area contributed by atoms with E-state index in [4.69, 9.17) is 4.74 Å². The fourth-order valence-electron chi connectivity index (χ4n) is 2.75. The summed E-state index contributed by atoms with van der Waals surface area (Å²) >= 11 is 0. The van der Waals surface area contributed by atoms with Crippen LogP contribution in [0.3, 0.4) is 0 Å². The topological polar surface area (TPSA) is 101 Å². The number of nitrogens with one attached hydrogen (secondary N) is 1. The Bertz CT molecular complexity index is 873. The van der Waals surface area contributed by atoms with Crippen LogP contribution in [0, 0.1) is 0 Å². The van der Waals surface area contributed by atoms with Crippen LogP contribution in [-0.2, 0) is 21.3 Å². The zero-order valence-electron chi connectivity index (χ0n) is 14.3. The molecule has 1 aromatic carbocycles. The number of carbonyl (C=O) groups is 1. The minimum Gasteiger partial charge on any atom is -0.380 e. The molecule has 1 fully saturated rings. The Morgan fingerprint density at radius 1 is 1.38 bits per heavy atom. The van der Waals surface area contributed by atoms with Crippen LogP contribution in [0.15, 0.2) is 47.8 Å². The summed E-state index contributed by atoms with van der Waals surface area (Å²) in [5.74, 6) is -0.364. The monoisotopic (exact) mass is 376 g/mol. The van der Waals surface area contributed by atoms with Gasteiger partial charge in [0.1, 0.15) is 6.33 Å². The van der Waals surface area contributed by atoms with Crippen LogP contribution in [-0.4, -0.2) is 54.9 Å². The van der Waals surface area contributed by atoms with Crippen molar-refractivity contribution in [2.75, 3.05) is 20.2 Å². The molecule has 1 atom stereocenters. The van der Waals surface area contributed by atoms with Crippen LogP contribution < -0.4 is 5.32 Å². The molecule has 3 rings (SSSR count). The highest BCUT2D eigenvalue weighted by atomic mass is 32.2. The fourth-order valence-corrected chi connectivity index (χ4v) is 4.28. The summed E-state index contributed by atoms with van der Waals surface area (Å²) in [6.07, 6.45) is 3.56. The van der Waals surface area contributed by atoms with Gasteiger partial charge in [-0.15, -0.1) is 0 Å². The maximum absolute atomic E-state index is 12.8. The van der Waals surface area contributed by atoms with Gasteiger partial charge in [-0.2, -0.15) is 4.31 Å². The van der Waals surface area contributed by atoms with Crippen molar-refractivity contribution in [3.05, 3.63) is 54.1 Å². The van der Waals surface area contributed by atoms with E-state index in [0.717, 1.165) is 0 Å². The fraction of sp³-hybridized carbons (Fsp3) is 0.353. The molecular weight excluding hydrogens is 356 g/mol. The molecule has 0 unspecified atom stereocenters. The number of nitrogens with zero attached hydrogens (tertiary/aromatic N) is 3. The van der Waals surface area contributed by atoms with Crippen LogP contribution >= 0.6 is 0 Å². The van der Waals surface area contributed by atoms with Gasteiger partial charge < -0.3 is 10.1 Å². The number of hydrogen-bond acceptors (Lipinski definition) is 6. The third kappa shape index (κ3) is 4.06. The van der Waals surface area contributed by atoms with E-state index in [-0.39, 0.29) is 29.0 Å². The summed E-state index contributed by atoms with van der Waals surface area (Å²) in [7, 11) is -2.08. The predicted octanol–water partition coefficient (Wildman–Crippen LogP) is 0.816. The molecule has 1 saturated heterocycles. The molecule has 1 aromatic heterocycles. The van der Waals surface area contributed by atoms with Crippen molar-refractivity contribution in [2.45, 2.75) is 24.0 Å². The SMILES string of the molecule is CO[C@@H]1CCN(S(=O)(=O)c2cccc(C(=O)NCc3ccncn3)c2)C1. The quantitative estimate of drug-likeness (QED) is 0.801. The van der Waals surface area contributed by atoms with E-state index in [1.54, 1.807) is 31.5 Å². The molecule has 1 amide bonds. The first-order valence-corrected chi connectivity index (χ1v) is 9.61. The third-order valence-electron chi connectivity index (χ3n) is 4.25. The Kier molecular flexibility index (Phi) is 5.60. The molecule has 0 saturated carbocycles. The van der Waals surface area contributed by atoms with E-state index < -0.39 is 10.0 Å². The first-order valence-electron chi connectivity index (χ1n) is 8.17. The van der Waals surface area contributed by atoms with E-state index in [0.29, 0.717) is 25.2 Å². The first-order chi connectivity index (χ1) is 12.5. The lowest BCUT2D eigenvalue weighted by atomic mass is 10.2. The summed E-state index contributed by atoms with van der Waals surface area (Å²) in [6.45, 7) is 0.966. The standard InChI is InChI=1S/C17H20N4O4S/c1-25-15-6-8-21(11-15)26(23,24)16-4-2-3-13(9-16)17(22)19-10-14-5-7-18-12-20-14/h2-5,7,9,12,15H,6,8,10-11H2,1H3,(H,19,22)/t15-/m1/s1. The summed E-state index contributed by atoms with van der Waals surface area (Å²) < 4.78 is 32.2. The number of benzene rings is 1. The number of amides is 1. The highest BCUT2D eigenvalue weighted by molar-refractivity contribution is 7.89. The molecule has 1 aliphatic rings. The normalized spacial score (nSPS) is 18.0. The summed E-state index contributed by atoms with van der Waals surface area (Å²) in [6, 6.07) is 7.73. The number of ether oxygens (including phenoxy) is 1. The second kappa shape index (κ2) is 7.90. The van der Waals surface area contributed by atoms with Crippen molar-refractivity contribution in [1.29, 1.82) is 0 Å². The molecule has 1 N–H and O–H groups in total. The van der Waals surface area contributed by atoms with Gasteiger partial charge in [0.05, 0.1) is 23.2 Å². The van der Waals surface area contributed by atoms with Crippen LogP contribution in [0.4, 0.5) is 0 Å². The molecular formula is C17H20N4O4S. The zero-order valence-corrected chi connectivity index (χ0v) is 15.1. The summed E-state index contributed by atoms with van der Waals surface area (Å²) in [5, 5.41) is 2.72. The number of rotatable bonds is 6. The molecule has 8 nitrogen and oxygen atoms in total. The van der Waals surface area contributed by atoms with Crippen molar-refractivity contribution in [1.82, 2.24) is 19.6 Å². The zero-order chi connectivity index (χ0) is 18.6. The lowest BCUT2D eigenvalue weighted by Crippen LogP contribution is -2.30. The Labute approximate surface area is 152 Å². The lowest BCUT2D eigenvalue weighted by Gasteiger charge is -2.16. The molecule has 2 aromatic rings. The second-order valence-corrected chi connectivity index (χ2v) is 7.86. The van der Waals surface area contributed by atoms with Gasteiger partial charge in [-0.05, 0) is 30.7 Å². The third-order valence-corrected chi connectivity index (χ3v) is 6.11. The maximum Gasteiger partial charge on any atom is 0.251 e. The molecule has 138 valence electrons. The van der Waals surface area contributed by atoms with Crippen LogP contribution in [0.1, 0.15) is 22.5 Å². The van der Waals surface area contributed by atoms with Crippen molar-refractivity contribution in [3.8, 4) is 0 Å². The maximum atomic E-state index is 12.8. The Hall–Kier alpha value is -2.36. The average molecular weight is 376 g/mol. The molecule has 0 aliphatic carbocycles. The van der Waals surface area contributed by atoms with Crippen molar-refractivity contribution < 1.29 is 17.9 Å². The van der Waals surface area contributed by atoms with E-state index in [2.05, 4.69) is 15.3 Å². The van der Waals surface area contributed by atoms with E-state index >= 15 is 0 Å². The van der Waals surface area contributed by atoms with Gasteiger partial charge in [0, 0.05) is 32.0 Å². The first kappa shape index (κ1) is 18.4. The number of sulfonamides is 1. The minimum atomic E-state index is -3.65. The highest BCUT2D eigenvalue weighted by Crippen LogP contribution is 2.23.